The zero-order valence-corrected chi connectivity index (χ0v) is 14.0. The van der Waals surface area contributed by atoms with Gasteiger partial charge in [-0.3, -0.25) is 4.98 Å². The molecule has 7 heteroatoms. The van der Waals surface area contributed by atoms with E-state index in [4.69, 9.17) is 23.2 Å². The van der Waals surface area contributed by atoms with E-state index >= 15 is 0 Å². The van der Waals surface area contributed by atoms with Gasteiger partial charge >= 0.3 is 5.97 Å². The Morgan fingerprint density at radius 1 is 1.13 bits per heavy atom. The molecule has 3 rings (SSSR count). The quantitative estimate of drug-likeness (QED) is 0.553. The van der Waals surface area contributed by atoms with Crippen LogP contribution in [0.15, 0.2) is 47.5 Å². The number of benzene rings is 2. The lowest BCUT2D eigenvalue weighted by Crippen LogP contribution is -2.03. The van der Waals surface area contributed by atoms with Gasteiger partial charge in [-0.25, -0.2) is 4.79 Å². The Labute approximate surface area is 147 Å². The molecule has 2 N–H and O–H groups in total. The number of aromatic nitrogens is 1. The SMILES string of the molecule is O=C(O)c1cc(Cl)ccc1Nc1c(S)cnc2ccc(Cl)cc12. The third-order valence-corrected chi connectivity index (χ3v) is 4.09. The van der Waals surface area contributed by atoms with Crippen LogP contribution in [0.2, 0.25) is 10.0 Å². The van der Waals surface area contributed by atoms with Gasteiger partial charge in [0.1, 0.15) is 0 Å². The molecule has 0 aliphatic carbocycles. The fraction of sp³-hybridized carbons (Fsp3) is 0. The zero-order valence-electron chi connectivity index (χ0n) is 11.5. The molecule has 0 saturated carbocycles. The van der Waals surface area contributed by atoms with Crippen LogP contribution in [0.3, 0.4) is 0 Å². The maximum absolute atomic E-state index is 11.4. The summed E-state index contributed by atoms with van der Waals surface area (Å²) in [4.78, 5) is 16.3. The molecule has 0 atom stereocenters. The summed E-state index contributed by atoms with van der Waals surface area (Å²) in [5.41, 5.74) is 1.83. The van der Waals surface area contributed by atoms with Crippen LogP contribution < -0.4 is 5.32 Å². The molecule has 0 amide bonds. The minimum absolute atomic E-state index is 0.0669. The molecule has 1 aromatic heterocycles. The second-order valence-corrected chi connectivity index (χ2v) is 6.15. The average Bonchev–Trinajstić information content (AvgIpc) is 2.51. The van der Waals surface area contributed by atoms with Crippen LogP contribution in [0.1, 0.15) is 10.4 Å². The molecule has 4 nitrogen and oxygen atoms in total. The van der Waals surface area contributed by atoms with Crippen molar-refractivity contribution in [3.63, 3.8) is 0 Å². The van der Waals surface area contributed by atoms with Crippen molar-refractivity contribution in [3.05, 3.63) is 58.2 Å². The van der Waals surface area contributed by atoms with Crippen molar-refractivity contribution >= 4 is 64.1 Å². The number of nitrogens with one attached hydrogen (secondary N) is 1. The largest absolute Gasteiger partial charge is 0.478 e. The van der Waals surface area contributed by atoms with Crippen LogP contribution in [0, 0.1) is 0 Å². The van der Waals surface area contributed by atoms with Crippen molar-refractivity contribution in [2.24, 2.45) is 0 Å². The van der Waals surface area contributed by atoms with Crippen LogP contribution >= 0.6 is 35.8 Å². The van der Waals surface area contributed by atoms with E-state index in [1.54, 1.807) is 36.5 Å². The maximum Gasteiger partial charge on any atom is 0.337 e. The molecule has 0 aliphatic heterocycles. The summed E-state index contributed by atoms with van der Waals surface area (Å²) >= 11 is 16.3. The third kappa shape index (κ3) is 3.22. The molecule has 0 unspecified atom stereocenters. The highest BCUT2D eigenvalue weighted by atomic mass is 35.5. The number of halogens is 2. The lowest BCUT2D eigenvalue weighted by molar-refractivity contribution is 0.0698. The van der Waals surface area contributed by atoms with Gasteiger partial charge in [0.15, 0.2) is 0 Å². The number of pyridine rings is 1. The number of carboxylic acid groups (broad SMARTS) is 1. The van der Waals surface area contributed by atoms with Crippen molar-refractivity contribution < 1.29 is 9.90 Å². The molecule has 0 radical (unpaired) electrons. The zero-order chi connectivity index (χ0) is 16.6. The Morgan fingerprint density at radius 2 is 1.83 bits per heavy atom. The monoisotopic (exact) mass is 364 g/mol. The van der Waals surface area contributed by atoms with E-state index in [9.17, 15) is 9.90 Å². The van der Waals surface area contributed by atoms with Gasteiger partial charge in [0.25, 0.3) is 0 Å². The predicted molar refractivity (Wildman–Crippen MR) is 95.7 cm³/mol. The number of carboxylic acids is 1. The molecule has 23 heavy (non-hydrogen) atoms. The van der Waals surface area contributed by atoms with Gasteiger partial charge in [-0.15, -0.1) is 12.6 Å². The highest BCUT2D eigenvalue weighted by molar-refractivity contribution is 7.80. The highest BCUT2D eigenvalue weighted by Gasteiger charge is 2.14. The van der Waals surface area contributed by atoms with Gasteiger partial charge in [0, 0.05) is 26.5 Å². The molecule has 3 aromatic rings. The highest BCUT2D eigenvalue weighted by Crippen LogP contribution is 2.34. The smallest absolute Gasteiger partial charge is 0.337 e. The van der Waals surface area contributed by atoms with Crippen molar-refractivity contribution in [3.8, 4) is 0 Å². The van der Waals surface area contributed by atoms with Crippen molar-refractivity contribution in [1.29, 1.82) is 0 Å². The standard InChI is InChI=1S/C16H10Cl2N2O2S/c17-8-1-3-12-10(5-8)15(14(23)7-19-12)20-13-4-2-9(18)6-11(13)16(21)22/h1-7,23H,(H,19,20)(H,21,22). The number of thiol groups is 1. The van der Waals surface area contributed by atoms with Gasteiger partial charge in [0.2, 0.25) is 0 Å². The van der Waals surface area contributed by atoms with E-state index in [1.807, 2.05) is 0 Å². The molecule has 0 aliphatic rings. The summed E-state index contributed by atoms with van der Waals surface area (Å²) in [6, 6.07) is 9.89. The maximum atomic E-state index is 11.4. The van der Waals surface area contributed by atoms with E-state index in [2.05, 4.69) is 22.9 Å². The van der Waals surface area contributed by atoms with Gasteiger partial charge in [-0.05, 0) is 36.4 Å². The second kappa shape index (κ2) is 6.28. The van der Waals surface area contributed by atoms with Crippen LogP contribution in [0.5, 0.6) is 0 Å². The van der Waals surface area contributed by atoms with E-state index in [0.717, 1.165) is 10.9 Å². The van der Waals surface area contributed by atoms with Crippen molar-refractivity contribution in [2.45, 2.75) is 4.90 Å². The molecular formula is C16H10Cl2N2O2S. The van der Waals surface area contributed by atoms with E-state index in [1.165, 1.54) is 6.07 Å². The number of fused-ring (bicyclic) bond motifs is 1. The van der Waals surface area contributed by atoms with Crippen LogP contribution in [0.25, 0.3) is 10.9 Å². The minimum Gasteiger partial charge on any atom is -0.478 e. The van der Waals surface area contributed by atoms with Gasteiger partial charge in [0.05, 0.1) is 22.5 Å². The number of anilines is 2. The number of aromatic carboxylic acids is 1. The lowest BCUT2D eigenvalue weighted by Gasteiger charge is -2.14. The van der Waals surface area contributed by atoms with Crippen LogP contribution in [-0.2, 0) is 0 Å². The fourth-order valence-corrected chi connectivity index (χ4v) is 2.80. The molecule has 1 heterocycles. The first-order valence-electron chi connectivity index (χ1n) is 6.53. The summed E-state index contributed by atoms with van der Waals surface area (Å²) < 4.78 is 0. The number of carbonyl (C=O) groups is 1. The predicted octanol–water partition coefficient (Wildman–Crippen LogP) is 5.27. The normalized spacial score (nSPS) is 10.7. The topological polar surface area (TPSA) is 62.2 Å². The summed E-state index contributed by atoms with van der Waals surface area (Å²) in [5, 5.41) is 14.1. The number of hydrogen-bond acceptors (Lipinski definition) is 4. The lowest BCUT2D eigenvalue weighted by atomic mass is 10.1. The molecule has 0 spiro atoms. The Balaban J connectivity index is 2.17. The molecule has 116 valence electrons. The van der Waals surface area contributed by atoms with E-state index < -0.39 is 5.97 Å². The van der Waals surface area contributed by atoms with Gasteiger partial charge < -0.3 is 10.4 Å². The molecular weight excluding hydrogens is 355 g/mol. The number of hydrogen-bond donors (Lipinski definition) is 3. The van der Waals surface area contributed by atoms with Crippen LogP contribution in [-0.4, -0.2) is 16.1 Å². The fourth-order valence-electron chi connectivity index (χ4n) is 2.22. The van der Waals surface area contributed by atoms with E-state index in [-0.39, 0.29) is 5.56 Å². The summed E-state index contributed by atoms with van der Waals surface area (Å²) in [6.45, 7) is 0. The van der Waals surface area contributed by atoms with E-state index in [0.29, 0.717) is 26.3 Å². The average molecular weight is 365 g/mol. The molecule has 0 fully saturated rings. The van der Waals surface area contributed by atoms with Crippen molar-refractivity contribution in [1.82, 2.24) is 4.98 Å². The Kier molecular flexibility index (Phi) is 4.35. The number of nitrogens with zero attached hydrogens (tertiary/aromatic N) is 1. The summed E-state index contributed by atoms with van der Waals surface area (Å²) in [6.07, 6.45) is 1.60. The summed E-state index contributed by atoms with van der Waals surface area (Å²) in [7, 11) is 0. The Bertz CT molecular complexity index is 926. The first-order valence-corrected chi connectivity index (χ1v) is 7.73. The molecule has 2 aromatic carbocycles. The van der Waals surface area contributed by atoms with Crippen LogP contribution in [0.4, 0.5) is 11.4 Å². The third-order valence-electron chi connectivity index (χ3n) is 3.28. The molecule has 0 saturated heterocycles. The molecule has 0 bridgehead atoms. The second-order valence-electron chi connectivity index (χ2n) is 4.80. The Morgan fingerprint density at radius 3 is 2.57 bits per heavy atom. The van der Waals surface area contributed by atoms with Gasteiger partial charge in [-0.1, -0.05) is 23.2 Å². The minimum atomic E-state index is -1.08. The van der Waals surface area contributed by atoms with Gasteiger partial charge in [-0.2, -0.15) is 0 Å². The van der Waals surface area contributed by atoms with Crippen molar-refractivity contribution in [2.75, 3.05) is 5.32 Å². The Hall–Kier alpha value is -1.95. The summed E-state index contributed by atoms with van der Waals surface area (Å²) in [5.74, 6) is -1.08. The number of rotatable bonds is 3. The first-order chi connectivity index (χ1) is 11.0. The first kappa shape index (κ1) is 15.9.